The minimum atomic E-state index is -0.706. The number of aromatic nitrogens is 1. The first kappa shape index (κ1) is 16.9. The van der Waals surface area contributed by atoms with Gasteiger partial charge in [-0.15, -0.1) is 0 Å². The maximum atomic E-state index is 14.3. The third-order valence-corrected chi connectivity index (χ3v) is 3.38. The van der Waals surface area contributed by atoms with E-state index in [0.717, 1.165) is 6.07 Å². The molecule has 0 saturated heterocycles. The summed E-state index contributed by atoms with van der Waals surface area (Å²) in [6.45, 7) is 3.67. The summed E-state index contributed by atoms with van der Waals surface area (Å²) in [5.41, 5.74) is 0.847. The molecule has 122 valence electrons. The zero-order valence-corrected chi connectivity index (χ0v) is 13.3. The molecule has 1 aromatic carbocycles. The molecule has 2 rings (SSSR count). The summed E-state index contributed by atoms with van der Waals surface area (Å²) in [5.74, 6) is -1.37. The van der Waals surface area contributed by atoms with Crippen molar-refractivity contribution in [1.82, 2.24) is 15.2 Å². The molecule has 0 spiro atoms. The Morgan fingerprint density at radius 1 is 1.26 bits per heavy atom. The largest absolute Gasteiger partial charge is 0.336 e. The average molecular weight is 319 g/mol. The van der Waals surface area contributed by atoms with Crippen LogP contribution in [0.15, 0.2) is 42.7 Å². The van der Waals surface area contributed by atoms with Crippen LogP contribution in [0.5, 0.6) is 0 Å². The van der Waals surface area contributed by atoms with Gasteiger partial charge in [0.2, 0.25) is 0 Å². The molecule has 0 bridgehead atoms. The number of carbonyl (C=O) groups excluding carboxylic acids is 1. The third kappa shape index (κ3) is 4.03. The lowest BCUT2D eigenvalue weighted by atomic mass is 9.98. The van der Waals surface area contributed by atoms with Crippen molar-refractivity contribution in [3.05, 3.63) is 65.5 Å². The quantitative estimate of drug-likeness (QED) is 0.937. The topological polar surface area (TPSA) is 45.2 Å². The van der Waals surface area contributed by atoms with Crippen LogP contribution in [0, 0.1) is 11.6 Å². The Labute approximate surface area is 134 Å². The summed E-state index contributed by atoms with van der Waals surface area (Å²) < 4.78 is 27.5. The highest BCUT2D eigenvalue weighted by Crippen LogP contribution is 2.29. The van der Waals surface area contributed by atoms with E-state index in [0.29, 0.717) is 5.56 Å². The van der Waals surface area contributed by atoms with Crippen LogP contribution in [0.1, 0.15) is 31.0 Å². The predicted molar refractivity (Wildman–Crippen MR) is 83.9 cm³/mol. The number of benzene rings is 1. The third-order valence-electron chi connectivity index (χ3n) is 3.38. The standard InChI is InChI=1S/C17H19F2N3O/c1-11(2)21-17(23)22(3)16(12-5-4-8-20-10-12)14-7-6-13(18)9-15(14)19/h4-11,16H,1-3H3,(H,21,23)/t16-/m1/s1. The van der Waals surface area contributed by atoms with E-state index in [1.54, 1.807) is 31.6 Å². The second-order valence-corrected chi connectivity index (χ2v) is 5.57. The fourth-order valence-electron chi connectivity index (χ4n) is 2.34. The van der Waals surface area contributed by atoms with Crippen LogP contribution in [-0.4, -0.2) is 29.0 Å². The Hall–Kier alpha value is -2.50. The van der Waals surface area contributed by atoms with E-state index in [4.69, 9.17) is 0 Å². The van der Waals surface area contributed by atoms with E-state index in [2.05, 4.69) is 10.3 Å². The van der Waals surface area contributed by atoms with Crippen LogP contribution in [-0.2, 0) is 0 Å². The first-order valence-corrected chi connectivity index (χ1v) is 7.28. The fraction of sp³-hybridized carbons (Fsp3) is 0.294. The van der Waals surface area contributed by atoms with Crippen molar-refractivity contribution in [2.45, 2.75) is 25.9 Å². The van der Waals surface area contributed by atoms with Gasteiger partial charge in [-0.25, -0.2) is 13.6 Å². The zero-order valence-electron chi connectivity index (χ0n) is 13.3. The van der Waals surface area contributed by atoms with Gasteiger partial charge in [0.05, 0.1) is 6.04 Å². The molecule has 0 fully saturated rings. The van der Waals surface area contributed by atoms with Crippen molar-refractivity contribution in [3.63, 3.8) is 0 Å². The van der Waals surface area contributed by atoms with Crippen molar-refractivity contribution in [1.29, 1.82) is 0 Å². The lowest BCUT2D eigenvalue weighted by Gasteiger charge is -2.30. The van der Waals surface area contributed by atoms with Gasteiger partial charge in [0.15, 0.2) is 0 Å². The summed E-state index contributed by atoms with van der Waals surface area (Å²) in [6, 6.07) is 5.68. The minimum absolute atomic E-state index is 0.0578. The fourth-order valence-corrected chi connectivity index (χ4v) is 2.34. The molecule has 2 aromatic rings. The molecule has 0 unspecified atom stereocenters. The predicted octanol–water partition coefficient (Wildman–Crippen LogP) is 3.50. The molecule has 0 radical (unpaired) electrons. The van der Waals surface area contributed by atoms with Gasteiger partial charge in [-0.1, -0.05) is 12.1 Å². The van der Waals surface area contributed by atoms with Crippen molar-refractivity contribution < 1.29 is 13.6 Å². The van der Waals surface area contributed by atoms with Crippen LogP contribution >= 0.6 is 0 Å². The van der Waals surface area contributed by atoms with Crippen LogP contribution in [0.3, 0.4) is 0 Å². The number of nitrogens with zero attached hydrogens (tertiary/aromatic N) is 2. The van der Waals surface area contributed by atoms with Crippen LogP contribution in [0.4, 0.5) is 13.6 Å². The van der Waals surface area contributed by atoms with Crippen molar-refractivity contribution >= 4 is 6.03 Å². The highest BCUT2D eigenvalue weighted by atomic mass is 19.1. The number of rotatable bonds is 4. The summed E-state index contributed by atoms with van der Waals surface area (Å²) in [5, 5.41) is 2.76. The summed E-state index contributed by atoms with van der Waals surface area (Å²) in [7, 11) is 1.57. The minimum Gasteiger partial charge on any atom is -0.336 e. The molecule has 0 saturated carbocycles. The molecule has 0 aliphatic heterocycles. The lowest BCUT2D eigenvalue weighted by molar-refractivity contribution is 0.195. The zero-order chi connectivity index (χ0) is 17.0. The second-order valence-electron chi connectivity index (χ2n) is 5.57. The van der Waals surface area contributed by atoms with E-state index >= 15 is 0 Å². The molecule has 6 heteroatoms. The summed E-state index contributed by atoms with van der Waals surface area (Å²) >= 11 is 0. The number of carbonyl (C=O) groups is 1. The van der Waals surface area contributed by atoms with Gasteiger partial charge in [-0.3, -0.25) is 4.98 Å². The van der Waals surface area contributed by atoms with E-state index < -0.39 is 17.7 Å². The van der Waals surface area contributed by atoms with Gasteiger partial charge >= 0.3 is 6.03 Å². The van der Waals surface area contributed by atoms with Gasteiger partial charge in [0.25, 0.3) is 0 Å². The molecule has 1 N–H and O–H groups in total. The van der Waals surface area contributed by atoms with Crippen molar-refractivity contribution in [2.24, 2.45) is 0 Å². The van der Waals surface area contributed by atoms with Crippen LogP contribution in [0.2, 0.25) is 0 Å². The molecule has 0 aliphatic carbocycles. The highest BCUT2D eigenvalue weighted by Gasteiger charge is 2.26. The Kier molecular flexibility index (Phi) is 5.26. The van der Waals surface area contributed by atoms with E-state index in [1.165, 1.54) is 17.0 Å². The number of hydrogen-bond donors (Lipinski definition) is 1. The molecular formula is C17H19F2N3O. The molecule has 4 nitrogen and oxygen atoms in total. The SMILES string of the molecule is CC(C)NC(=O)N(C)[C@H](c1cccnc1)c1ccc(F)cc1F. The van der Waals surface area contributed by atoms with Gasteiger partial charge in [0.1, 0.15) is 11.6 Å². The normalized spacial score (nSPS) is 12.1. The van der Waals surface area contributed by atoms with E-state index in [-0.39, 0.29) is 17.6 Å². The maximum Gasteiger partial charge on any atom is 0.318 e. The molecule has 1 atom stereocenters. The summed E-state index contributed by atoms with van der Waals surface area (Å²) in [6.07, 6.45) is 3.16. The number of urea groups is 1. The molecular weight excluding hydrogens is 300 g/mol. The maximum absolute atomic E-state index is 14.3. The summed E-state index contributed by atoms with van der Waals surface area (Å²) in [4.78, 5) is 17.7. The monoisotopic (exact) mass is 319 g/mol. The van der Waals surface area contributed by atoms with Gasteiger partial charge < -0.3 is 10.2 Å². The lowest BCUT2D eigenvalue weighted by Crippen LogP contribution is -2.43. The Morgan fingerprint density at radius 3 is 2.57 bits per heavy atom. The van der Waals surface area contributed by atoms with Gasteiger partial charge in [0, 0.05) is 37.1 Å². The molecule has 2 amide bonds. The van der Waals surface area contributed by atoms with E-state index in [9.17, 15) is 13.6 Å². The Bertz CT molecular complexity index is 677. The Balaban J connectivity index is 2.46. The second kappa shape index (κ2) is 7.17. The molecule has 1 heterocycles. The number of halogens is 2. The van der Waals surface area contributed by atoms with E-state index in [1.807, 2.05) is 13.8 Å². The number of pyridine rings is 1. The first-order valence-electron chi connectivity index (χ1n) is 7.28. The first-order chi connectivity index (χ1) is 10.9. The highest BCUT2D eigenvalue weighted by molar-refractivity contribution is 5.75. The van der Waals surface area contributed by atoms with Gasteiger partial charge in [-0.05, 0) is 31.5 Å². The average Bonchev–Trinajstić information content (AvgIpc) is 2.50. The van der Waals surface area contributed by atoms with Crippen molar-refractivity contribution in [2.75, 3.05) is 7.05 Å². The molecule has 23 heavy (non-hydrogen) atoms. The molecule has 0 aliphatic rings. The van der Waals surface area contributed by atoms with Crippen molar-refractivity contribution in [3.8, 4) is 0 Å². The number of hydrogen-bond acceptors (Lipinski definition) is 2. The molecule has 1 aromatic heterocycles. The smallest absolute Gasteiger partial charge is 0.318 e. The van der Waals surface area contributed by atoms with Crippen LogP contribution < -0.4 is 5.32 Å². The Morgan fingerprint density at radius 2 is 2.00 bits per heavy atom. The van der Waals surface area contributed by atoms with Crippen LogP contribution in [0.25, 0.3) is 0 Å². The van der Waals surface area contributed by atoms with Gasteiger partial charge in [-0.2, -0.15) is 0 Å². The number of nitrogens with one attached hydrogen (secondary N) is 1. The number of amides is 2.